The molecule has 1 N–H and O–H groups in total. The molecule has 0 fully saturated rings. The van der Waals surface area contributed by atoms with Gasteiger partial charge in [0.15, 0.2) is 0 Å². The van der Waals surface area contributed by atoms with Crippen molar-refractivity contribution in [3.8, 4) is 0 Å². The SMILES string of the molecule is CCNc1ncnc(Sc2nc(C)co2)c1Br. The molecule has 90 valence electrons. The largest absolute Gasteiger partial charge is 0.439 e. The molecule has 17 heavy (non-hydrogen) atoms. The molecule has 2 aromatic heterocycles. The van der Waals surface area contributed by atoms with E-state index in [-0.39, 0.29) is 0 Å². The minimum absolute atomic E-state index is 0.573. The molecule has 2 rings (SSSR count). The van der Waals surface area contributed by atoms with Crippen LogP contribution in [0.15, 0.2) is 31.7 Å². The van der Waals surface area contributed by atoms with Crippen LogP contribution in [-0.4, -0.2) is 21.5 Å². The van der Waals surface area contributed by atoms with Gasteiger partial charge in [-0.2, -0.15) is 0 Å². The van der Waals surface area contributed by atoms with Crippen molar-refractivity contribution in [3.63, 3.8) is 0 Å². The van der Waals surface area contributed by atoms with Gasteiger partial charge in [0.25, 0.3) is 5.22 Å². The number of halogens is 1. The summed E-state index contributed by atoms with van der Waals surface area (Å²) >= 11 is 4.83. The number of hydrogen-bond acceptors (Lipinski definition) is 6. The number of oxazole rings is 1. The normalized spacial score (nSPS) is 10.5. The van der Waals surface area contributed by atoms with Crippen molar-refractivity contribution in [2.45, 2.75) is 24.1 Å². The first-order chi connectivity index (χ1) is 8.20. The van der Waals surface area contributed by atoms with Crippen molar-refractivity contribution in [3.05, 3.63) is 22.8 Å². The molecule has 5 nitrogen and oxygen atoms in total. The summed E-state index contributed by atoms with van der Waals surface area (Å²) in [6.45, 7) is 4.70. The van der Waals surface area contributed by atoms with E-state index in [9.17, 15) is 0 Å². The lowest BCUT2D eigenvalue weighted by atomic mass is 10.5. The second kappa shape index (κ2) is 5.50. The average molecular weight is 315 g/mol. The lowest BCUT2D eigenvalue weighted by Crippen LogP contribution is -2.01. The number of aromatic nitrogens is 3. The van der Waals surface area contributed by atoms with Crippen molar-refractivity contribution in [2.24, 2.45) is 0 Å². The van der Waals surface area contributed by atoms with E-state index in [1.165, 1.54) is 18.1 Å². The molecule has 2 heterocycles. The van der Waals surface area contributed by atoms with E-state index in [0.29, 0.717) is 5.22 Å². The number of hydrogen-bond donors (Lipinski definition) is 1. The van der Waals surface area contributed by atoms with Gasteiger partial charge in [-0.3, -0.25) is 0 Å². The first-order valence-corrected chi connectivity index (χ1v) is 6.66. The Morgan fingerprint density at radius 3 is 2.94 bits per heavy atom. The molecular formula is C10H11BrN4OS. The molecule has 0 amide bonds. The minimum Gasteiger partial charge on any atom is -0.439 e. The number of anilines is 1. The summed E-state index contributed by atoms with van der Waals surface area (Å²) in [7, 11) is 0. The summed E-state index contributed by atoms with van der Waals surface area (Å²) in [5, 5.41) is 4.49. The zero-order valence-corrected chi connectivity index (χ0v) is 11.8. The summed E-state index contributed by atoms with van der Waals surface area (Å²) < 4.78 is 6.10. The van der Waals surface area contributed by atoms with Crippen molar-refractivity contribution >= 4 is 33.5 Å². The van der Waals surface area contributed by atoms with E-state index in [0.717, 1.165) is 27.6 Å². The fourth-order valence-electron chi connectivity index (χ4n) is 1.18. The van der Waals surface area contributed by atoms with Gasteiger partial charge in [-0.25, -0.2) is 15.0 Å². The van der Waals surface area contributed by atoms with Gasteiger partial charge in [0, 0.05) is 6.54 Å². The monoisotopic (exact) mass is 314 g/mol. The Bertz CT molecular complexity index is 517. The molecule has 0 aliphatic heterocycles. The maximum Gasteiger partial charge on any atom is 0.262 e. The van der Waals surface area contributed by atoms with Crippen LogP contribution < -0.4 is 5.32 Å². The molecule has 0 radical (unpaired) electrons. The van der Waals surface area contributed by atoms with Crippen LogP contribution in [0.4, 0.5) is 5.82 Å². The van der Waals surface area contributed by atoms with E-state index in [1.54, 1.807) is 6.26 Å². The third kappa shape index (κ3) is 2.98. The van der Waals surface area contributed by atoms with E-state index in [2.05, 4.69) is 36.2 Å². The third-order valence-electron chi connectivity index (χ3n) is 1.88. The summed E-state index contributed by atoms with van der Waals surface area (Å²) in [6.07, 6.45) is 3.13. The third-order valence-corrected chi connectivity index (χ3v) is 3.76. The van der Waals surface area contributed by atoms with E-state index in [4.69, 9.17) is 4.42 Å². The summed E-state index contributed by atoms with van der Waals surface area (Å²) in [5.41, 5.74) is 0.851. The van der Waals surface area contributed by atoms with Crippen LogP contribution in [0.1, 0.15) is 12.6 Å². The zero-order valence-electron chi connectivity index (χ0n) is 9.40. The highest BCUT2D eigenvalue weighted by atomic mass is 79.9. The van der Waals surface area contributed by atoms with Crippen LogP contribution in [0.5, 0.6) is 0 Å². The molecule has 0 saturated heterocycles. The quantitative estimate of drug-likeness (QED) is 0.875. The van der Waals surface area contributed by atoms with Crippen LogP contribution in [0.2, 0.25) is 0 Å². The molecule has 0 aliphatic carbocycles. The van der Waals surface area contributed by atoms with Gasteiger partial charge in [0.1, 0.15) is 23.4 Å². The first-order valence-electron chi connectivity index (χ1n) is 5.05. The van der Waals surface area contributed by atoms with Gasteiger partial charge in [-0.05, 0) is 41.5 Å². The second-order valence-electron chi connectivity index (χ2n) is 3.23. The molecule has 0 aliphatic rings. The van der Waals surface area contributed by atoms with Crippen molar-refractivity contribution in [2.75, 3.05) is 11.9 Å². The maximum absolute atomic E-state index is 5.27. The molecule has 0 atom stereocenters. The highest BCUT2D eigenvalue weighted by Crippen LogP contribution is 2.34. The fraction of sp³-hybridized carbons (Fsp3) is 0.300. The first kappa shape index (κ1) is 12.4. The number of rotatable bonds is 4. The molecule has 0 aromatic carbocycles. The molecule has 0 bridgehead atoms. The van der Waals surface area contributed by atoms with Gasteiger partial charge >= 0.3 is 0 Å². The fourth-order valence-corrected chi connectivity index (χ4v) is 2.50. The Morgan fingerprint density at radius 2 is 2.29 bits per heavy atom. The summed E-state index contributed by atoms with van der Waals surface area (Å²) in [6, 6.07) is 0. The number of aryl methyl sites for hydroxylation is 1. The van der Waals surface area contributed by atoms with Gasteiger partial charge < -0.3 is 9.73 Å². The van der Waals surface area contributed by atoms with Crippen molar-refractivity contribution in [1.29, 1.82) is 0 Å². The Hall–Kier alpha value is -1.08. The summed E-state index contributed by atoms with van der Waals surface area (Å²) in [5.74, 6) is 0.772. The number of nitrogens with zero attached hydrogens (tertiary/aromatic N) is 3. The van der Waals surface area contributed by atoms with Crippen molar-refractivity contribution < 1.29 is 4.42 Å². The maximum atomic E-state index is 5.27. The minimum atomic E-state index is 0.573. The predicted octanol–water partition coefficient (Wildman–Crippen LogP) is 3.12. The molecule has 0 spiro atoms. The van der Waals surface area contributed by atoms with Crippen molar-refractivity contribution in [1.82, 2.24) is 15.0 Å². The van der Waals surface area contributed by atoms with Crippen LogP contribution >= 0.6 is 27.7 Å². The molecular weight excluding hydrogens is 304 g/mol. The molecule has 0 unspecified atom stereocenters. The van der Waals surface area contributed by atoms with Gasteiger partial charge in [0.05, 0.1) is 10.2 Å². The zero-order chi connectivity index (χ0) is 12.3. The molecule has 2 aromatic rings. The molecule has 7 heteroatoms. The van der Waals surface area contributed by atoms with Crippen LogP contribution in [0.25, 0.3) is 0 Å². The van der Waals surface area contributed by atoms with Gasteiger partial charge in [-0.1, -0.05) is 0 Å². The summed E-state index contributed by atoms with van der Waals surface area (Å²) in [4.78, 5) is 12.6. The lowest BCUT2D eigenvalue weighted by Gasteiger charge is -2.06. The van der Waals surface area contributed by atoms with Crippen LogP contribution in [0.3, 0.4) is 0 Å². The van der Waals surface area contributed by atoms with E-state index < -0.39 is 0 Å². The average Bonchev–Trinajstić information content (AvgIpc) is 2.70. The Morgan fingerprint density at radius 1 is 1.47 bits per heavy atom. The Balaban J connectivity index is 2.23. The van der Waals surface area contributed by atoms with Gasteiger partial charge in [-0.15, -0.1) is 0 Å². The van der Waals surface area contributed by atoms with Crippen LogP contribution in [-0.2, 0) is 0 Å². The lowest BCUT2D eigenvalue weighted by molar-refractivity contribution is 0.453. The highest BCUT2D eigenvalue weighted by Gasteiger charge is 2.12. The van der Waals surface area contributed by atoms with Crippen LogP contribution in [0, 0.1) is 6.92 Å². The standard InChI is InChI=1S/C10H11BrN4OS/c1-3-12-8-7(11)9(14-5-13-8)17-10-15-6(2)4-16-10/h4-5H,3H2,1-2H3,(H,12,13,14). The highest BCUT2D eigenvalue weighted by molar-refractivity contribution is 9.10. The number of nitrogens with one attached hydrogen (secondary N) is 1. The predicted molar refractivity (Wildman–Crippen MR) is 69.3 cm³/mol. The Labute approximate surface area is 112 Å². The Kier molecular flexibility index (Phi) is 4.01. The van der Waals surface area contributed by atoms with Gasteiger partial charge in [0.2, 0.25) is 0 Å². The topological polar surface area (TPSA) is 63.8 Å². The second-order valence-corrected chi connectivity index (χ2v) is 4.96. The van der Waals surface area contributed by atoms with E-state index >= 15 is 0 Å². The molecule has 0 saturated carbocycles. The van der Waals surface area contributed by atoms with E-state index in [1.807, 2.05) is 13.8 Å². The smallest absolute Gasteiger partial charge is 0.262 e.